The van der Waals surface area contributed by atoms with Crippen molar-refractivity contribution in [2.75, 3.05) is 0 Å². The number of nitrogens with zero attached hydrogens (tertiary/aromatic N) is 1. The molecule has 1 heterocycles. The highest BCUT2D eigenvalue weighted by atomic mass is 15.2. The Bertz CT molecular complexity index is 460. The van der Waals surface area contributed by atoms with Crippen molar-refractivity contribution in [1.82, 2.24) is 4.90 Å². The van der Waals surface area contributed by atoms with Crippen LogP contribution in [0.3, 0.4) is 0 Å². The van der Waals surface area contributed by atoms with E-state index in [1.54, 1.807) is 0 Å². The summed E-state index contributed by atoms with van der Waals surface area (Å²) in [5.41, 5.74) is 3.71. The molecule has 19 heavy (non-hydrogen) atoms. The highest BCUT2D eigenvalue weighted by Gasteiger charge is 2.33. The first kappa shape index (κ1) is 15.3. The Morgan fingerprint density at radius 1 is 1.16 bits per heavy atom. The average Bonchev–Trinajstić information content (AvgIpc) is 2.63. The summed E-state index contributed by atoms with van der Waals surface area (Å²) in [6.45, 7) is 16.4. The van der Waals surface area contributed by atoms with Gasteiger partial charge in [0.2, 0.25) is 0 Å². The molecule has 0 saturated heterocycles. The summed E-state index contributed by atoms with van der Waals surface area (Å²) in [5, 5.41) is 0. The molecule has 102 valence electrons. The first-order valence-corrected chi connectivity index (χ1v) is 6.86. The average molecular weight is 255 g/mol. The quantitative estimate of drug-likeness (QED) is 0.626. The summed E-state index contributed by atoms with van der Waals surface area (Å²) in [6.07, 6.45) is 14.3. The first-order chi connectivity index (χ1) is 9.12. The summed E-state index contributed by atoms with van der Waals surface area (Å²) in [4.78, 5) is 2.34. The molecule has 1 aliphatic heterocycles. The van der Waals surface area contributed by atoms with Crippen LogP contribution < -0.4 is 0 Å². The smallest absolute Gasteiger partial charge is 0.0443 e. The van der Waals surface area contributed by atoms with Crippen LogP contribution >= 0.6 is 0 Å². The maximum atomic E-state index is 3.99. The molecule has 0 radical (unpaired) electrons. The summed E-state index contributed by atoms with van der Waals surface area (Å²) in [7, 11) is 0. The number of rotatable bonds is 5. The first-order valence-electron chi connectivity index (χ1n) is 6.86. The predicted octanol–water partition coefficient (Wildman–Crippen LogP) is 4.99. The second kappa shape index (κ2) is 6.98. The van der Waals surface area contributed by atoms with Crippen LogP contribution in [0.1, 0.15) is 27.7 Å². The van der Waals surface area contributed by atoms with Gasteiger partial charge in [-0.05, 0) is 44.6 Å². The molecular weight excluding hydrogens is 230 g/mol. The molecule has 1 nitrogen and oxygen atoms in total. The van der Waals surface area contributed by atoms with Crippen molar-refractivity contribution in [3.63, 3.8) is 0 Å². The minimum absolute atomic E-state index is 0.418. The lowest BCUT2D eigenvalue weighted by molar-refractivity contribution is 0.335. The third-order valence-electron chi connectivity index (χ3n) is 3.62. The van der Waals surface area contributed by atoms with Crippen LogP contribution in [0.2, 0.25) is 0 Å². The van der Waals surface area contributed by atoms with E-state index in [1.807, 2.05) is 25.2 Å². The van der Waals surface area contributed by atoms with E-state index in [9.17, 15) is 0 Å². The largest absolute Gasteiger partial charge is 0.338 e. The highest BCUT2D eigenvalue weighted by Crippen LogP contribution is 2.38. The van der Waals surface area contributed by atoms with Crippen LogP contribution in [0.15, 0.2) is 72.7 Å². The zero-order chi connectivity index (χ0) is 14.4. The number of hydrogen-bond donors (Lipinski definition) is 0. The molecule has 2 unspecified atom stereocenters. The van der Waals surface area contributed by atoms with E-state index in [0.29, 0.717) is 12.0 Å². The van der Waals surface area contributed by atoms with E-state index in [0.717, 1.165) is 5.70 Å². The molecule has 0 spiro atoms. The van der Waals surface area contributed by atoms with E-state index in [4.69, 9.17) is 0 Å². The third-order valence-corrected chi connectivity index (χ3v) is 3.62. The van der Waals surface area contributed by atoms with Gasteiger partial charge in [0.05, 0.1) is 0 Å². The molecule has 2 atom stereocenters. The van der Waals surface area contributed by atoms with Crippen LogP contribution in [0.25, 0.3) is 0 Å². The predicted molar refractivity (Wildman–Crippen MR) is 85.6 cm³/mol. The van der Waals surface area contributed by atoms with Gasteiger partial charge in [-0.15, -0.1) is 0 Å². The summed E-state index contributed by atoms with van der Waals surface area (Å²) in [5.74, 6) is 0.489. The Morgan fingerprint density at radius 2 is 1.84 bits per heavy atom. The van der Waals surface area contributed by atoms with Gasteiger partial charge in [-0.25, -0.2) is 0 Å². The monoisotopic (exact) mass is 255 g/mol. The standard InChI is InChI=1S/C18H25N/c1-7-11-16(12-8-2)19-15(6)14(5)17(13-9-3)18(19)10-4/h7-15H,1,4H2,2-3,5-6H3/b12-8-,13-9-,16-11+. The van der Waals surface area contributed by atoms with Gasteiger partial charge in [0.25, 0.3) is 0 Å². The Kier molecular flexibility index (Phi) is 5.62. The Labute approximate surface area is 118 Å². The molecular formula is C18H25N. The van der Waals surface area contributed by atoms with E-state index in [1.165, 1.54) is 11.3 Å². The Balaban J connectivity index is 3.36. The van der Waals surface area contributed by atoms with Crippen molar-refractivity contribution in [2.45, 2.75) is 33.7 Å². The van der Waals surface area contributed by atoms with Gasteiger partial charge in [0, 0.05) is 23.4 Å². The van der Waals surface area contributed by atoms with E-state index < -0.39 is 0 Å². The van der Waals surface area contributed by atoms with Gasteiger partial charge in [-0.2, -0.15) is 0 Å². The Hall–Kier alpha value is -1.76. The fraction of sp³-hybridized carbons (Fsp3) is 0.333. The molecule has 1 heteroatoms. The van der Waals surface area contributed by atoms with E-state index >= 15 is 0 Å². The molecule has 0 aromatic carbocycles. The van der Waals surface area contributed by atoms with Gasteiger partial charge in [0.1, 0.15) is 0 Å². The second-order valence-electron chi connectivity index (χ2n) is 4.77. The molecule has 0 bridgehead atoms. The minimum atomic E-state index is 0.418. The summed E-state index contributed by atoms with van der Waals surface area (Å²) < 4.78 is 0. The van der Waals surface area contributed by atoms with Crippen molar-refractivity contribution in [3.8, 4) is 0 Å². The molecule has 0 aromatic rings. The van der Waals surface area contributed by atoms with Crippen LogP contribution in [-0.4, -0.2) is 10.9 Å². The van der Waals surface area contributed by atoms with Crippen molar-refractivity contribution in [2.24, 2.45) is 5.92 Å². The minimum Gasteiger partial charge on any atom is -0.338 e. The third kappa shape index (κ3) is 2.98. The van der Waals surface area contributed by atoms with Crippen LogP contribution in [0.4, 0.5) is 0 Å². The maximum Gasteiger partial charge on any atom is 0.0443 e. The summed E-state index contributed by atoms with van der Waals surface area (Å²) in [6, 6.07) is 0.418. The lowest BCUT2D eigenvalue weighted by Gasteiger charge is -2.29. The van der Waals surface area contributed by atoms with Crippen molar-refractivity contribution in [1.29, 1.82) is 0 Å². The van der Waals surface area contributed by atoms with Crippen LogP contribution in [-0.2, 0) is 0 Å². The van der Waals surface area contributed by atoms with E-state index in [2.05, 4.69) is 63.1 Å². The number of allylic oxidation sites excluding steroid dienone is 7. The highest BCUT2D eigenvalue weighted by molar-refractivity contribution is 5.43. The number of hydrogen-bond acceptors (Lipinski definition) is 1. The van der Waals surface area contributed by atoms with Gasteiger partial charge < -0.3 is 4.90 Å². The van der Waals surface area contributed by atoms with Crippen molar-refractivity contribution >= 4 is 0 Å². The van der Waals surface area contributed by atoms with Gasteiger partial charge in [0.15, 0.2) is 0 Å². The lowest BCUT2D eigenvalue weighted by atomic mass is 9.97. The SMILES string of the molecule is C=C/C=C(\C=C/C)N1C(C=C)=C(/C=C\C)C(C)C1C. The fourth-order valence-electron chi connectivity index (χ4n) is 2.59. The second-order valence-corrected chi connectivity index (χ2v) is 4.77. The zero-order valence-electron chi connectivity index (χ0n) is 12.6. The normalized spacial score (nSPS) is 24.8. The lowest BCUT2D eigenvalue weighted by Crippen LogP contribution is -2.29. The van der Waals surface area contributed by atoms with E-state index in [-0.39, 0.29) is 0 Å². The molecule has 0 saturated carbocycles. The molecule has 0 amide bonds. The summed E-state index contributed by atoms with van der Waals surface area (Å²) >= 11 is 0. The van der Waals surface area contributed by atoms with Crippen LogP contribution in [0, 0.1) is 5.92 Å². The Morgan fingerprint density at radius 3 is 2.32 bits per heavy atom. The van der Waals surface area contributed by atoms with Gasteiger partial charge in [-0.1, -0.05) is 44.4 Å². The fourth-order valence-corrected chi connectivity index (χ4v) is 2.59. The molecule has 0 N–H and O–H groups in total. The van der Waals surface area contributed by atoms with Gasteiger partial charge in [-0.3, -0.25) is 0 Å². The van der Waals surface area contributed by atoms with Crippen LogP contribution in [0.5, 0.6) is 0 Å². The van der Waals surface area contributed by atoms with Crippen molar-refractivity contribution in [3.05, 3.63) is 72.7 Å². The molecule has 0 aliphatic carbocycles. The molecule has 0 fully saturated rings. The molecule has 1 rings (SSSR count). The topological polar surface area (TPSA) is 3.24 Å². The van der Waals surface area contributed by atoms with Gasteiger partial charge >= 0.3 is 0 Å². The zero-order valence-corrected chi connectivity index (χ0v) is 12.6. The maximum absolute atomic E-state index is 3.99. The van der Waals surface area contributed by atoms with Crippen molar-refractivity contribution < 1.29 is 0 Å². The molecule has 0 aromatic heterocycles. The molecule has 1 aliphatic rings.